The normalized spacial score (nSPS) is 37.8. The summed E-state index contributed by atoms with van der Waals surface area (Å²) in [5.74, 6) is 0.911. The van der Waals surface area contributed by atoms with Crippen LogP contribution >= 0.6 is 0 Å². The molecular weight excluding hydrogens is 222 g/mol. The van der Waals surface area contributed by atoms with Crippen molar-refractivity contribution in [3.8, 4) is 0 Å². The topological polar surface area (TPSA) is 32.5 Å². The molecule has 3 nitrogen and oxygen atoms in total. The molecule has 0 amide bonds. The number of rotatable bonds is 5. The van der Waals surface area contributed by atoms with E-state index in [0.717, 1.165) is 18.5 Å². The van der Waals surface area contributed by atoms with Crippen LogP contribution in [0.2, 0.25) is 0 Å². The molecule has 3 atom stereocenters. The maximum Gasteiger partial charge on any atom is 0.0337 e. The van der Waals surface area contributed by atoms with Gasteiger partial charge >= 0.3 is 0 Å². The van der Waals surface area contributed by atoms with Crippen molar-refractivity contribution in [2.24, 2.45) is 11.7 Å². The first kappa shape index (κ1) is 14.3. The molecule has 3 unspecified atom stereocenters. The Morgan fingerprint density at radius 1 is 1.33 bits per heavy atom. The molecule has 18 heavy (non-hydrogen) atoms. The van der Waals surface area contributed by atoms with Gasteiger partial charge in [0.1, 0.15) is 0 Å². The van der Waals surface area contributed by atoms with Gasteiger partial charge in [-0.15, -0.1) is 0 Å². The Bertz CT molecular complexity index is 266. The van der Waals surface area contributed by atoms with E-state index in [1.54, 1.807) is 0 Å². The van der Waals surface area contributed by atoms with E-state index >= 15 is 0 Å². The lowest BCUT2D eigenvalue weighted by Crippen LogP contribution is -2.56. The molecule has 1 heterocycles. The fourth-order valence-corrected chi connectivity index (χ4v) is 4.20. The van der Waals surface area contributed by atoms with Crippen molar-refractivity contribution in [2.45, 2.75) is 57.0 Å². The zero-order chi connectivity index (χ0) is 13.2. The van der Waals surface area contributed by atoms with Crippen LogP contribution in [0.1, 0.15) is 45.4 Å². The molecule has 0 bridgehead atoms. The molecule has 0 aromatic heterocycles. The van der Waals surface area contributed by atoms with Crippen LogP contribution in [-0.4, -0.2) is 55.1 Å². The van der Waals surface area contributed by atoms with Crippen molar-refractivity contribution in [3.05, 3.63) is 0 Å². The highest BCUT2D eigenvalue weighted by Crippen LogP contribution is 2.43. The van der Waals surface area contributed by atoms with Gasteiger partial charge in [0.2, 0.25) is 0 Å². The van der Waals surface area contributed by atoms with E-state index in [1.807, 2.05) is 0 Å². The molecule has 1 saturated carbocycles. The Labute approximate surface area is 113 Å². The second kappa shape index (κ2) is 5.89. The van der Waals surface area contributed by atoms with Crippen molar-refractivity contribution in [2.75, 3.05) is 33.7 Å². The van der Waals surface area contributed by atoms with Gasteiger partial charge in [0.25, 0.3) is 0 Å². The number of nitrogens with two attached hydrogens (primary N) is 1. The van der Waals surface area contributed by atoms with Crippen LogP contribution in [0.25, 0.3) is 0 Å². The van der Waals surface area contributed by atoms with Gasteiger partial charge in [0.05, 0.1) is 0 Å². The van der Waals surface area contributed by atoms with Gasteiger partial charge in [-0.1, -0.05) is 13.3 Å². The van der Waals surface area contributed by atoms with Gasteiger partial charge in [-0.05, 0) is 58.7 Å². The van der Waals surface area contributed by atoms with Crippen molar-refractivity contribution < 1.29 is 0 Å². The molecule has 2 rings (SSSR count). The molecule has 1 aliphatic carbocycles. The van der Waals surface area contributed by atoms with E-state index in [1.165, 1.54) is 51.6 Å². The van der Waals surface area contributed by atoms with Crippen molar-refractivity contribution in [3.63, 3.8) is 0 Å². The number of nitrogens with zero attached hydrogens (tertiary/aromatic N) is 2. The molecule has 0 aromatic rings. The standard InChI is InChI=1S/C15H31N3/c1-4-13-7-8-15(10-13,12-16)18-9-5-6-14(18)11-17(2)3/h13-14H,4-12,16H2,1-3H3. The van der Waals surface area contributed by atoms with E-state index in [-0.39, 0.29) is 0 Å². The predicted octanol–water partition coefficient (Wildman–Crippen LogP) is 1.92. The highest BCUT2D eigenvalue weighted by molar-refractivity contribution is 5.03. The Morgan fingerprint density at radius 3 is 2.67 bits per heavy atom. The van der Waals surface area contributed by atoms with Crippen LogP contribution in [0.3, 0.4) is 0 Å². The van der Waals surface area contributed by atoms with Crippen molar-refractivity contribution >= 4 is 0 Å². The molecule has 0 aromatic carbocycles. The average molecular weight is 253 g/mol. The fraction of sp³-hybridized carbons (Fsp3) is 1.00. The Morgan fingerprint density at radius 2 is 2.11 bits per heavy atom. The van der Waals surface area contributed by atoms with Crippen LogP contribution < -0.4 is 5.73 Å². The summed E-state index contributed by atoms with van der Waals surface area (Å²) in [7, 11) is 4.38. The quantitative estimate of drug-likeness (QED) is 0.812. The summed E-state index contributed by atoms with van der Waals surface area (Å²) in [5.41, 5.74) is 6.53. The molecule has 2 fully saturated rings. The summed E-state index contributed by atoms with van der Waals surface area (Å²) in [6.45, 7) is 5.65. The summed E-state index contributed by atoms with van der Waals surface area (Å²) >= 11 is 0. The van der Waals surface area contributed by atoms with Gasteiger partial charge < -0.3 is 10.6 Å². The molecule has 0 radical (unpaired) electrons. The average Bonchev–Trinajstić information content (AvgIpc) is 2.95. The van der Waals surface area contributed by atoms with Crippen molar-refractivity contribution in [1.29, 1.82) is 0 Å². The zero-order valence-corrected chi connectivity index (χ0v) is 12.5. The summed E-state index contributed by atoms with van der Waals surface area (Å²) in [5, 5.41) is 0. The van der Waals surface area contributed by atoms with Gasteiger partial charge in [-0.25, -0.2) is 0 Å². The maximum atomic E-state index is 6.20. The summed E-state index contributed by atoms with van der Waals surface area (Å²) in [6.07, 6.45) is 8.09. The van der Waals surface area contributed by atoms with Gasteiger partial charge in [0.15, 0.2) is 0 Å². The molecule has 106 valence electrons. The van der Waals surface area contributed by atoms with Crippen LogP contribution in [0, 0.1) is 5.92 Å². The van der Waals surface area contributed by atoms with E-state index in [9.17, 15) is 0 Å². The number of hydrogen-bond acceptors (Lipinski definition) is 3. The molecule has 2 N–H and O–H groups in total. The third kappa shape index (κ3) is 2.73. The SMILES string of the molecule is CCC1CCC(CN)(N2CCCC2CN(C)C)C1. The van der Waals surface area contributed by atoms with Crippen molar-refractivity contribution in [1.82, 2.24) is 9.80 Å². The minimum Gasteiger partial charge on any atom is -0.329 e. The Hall–Kier alpha value is -0.120. The monoisotopic (exact) mass is 253 g/mol. The number of likely N-dealkylation sites (N-methyl/N-ethyl adjacent to an activating group) is 1. The van der Waals surface area contributed by atoms with Crippen LogP contribution in [0.4, 0.5) is 0 Å². The Kier molecular flexibility index (Phi) is 4.68. The first-order chi connectivity index (χ1) is 8.61. The van der Waals surface area contributed by atoms with Gasteiger partial charge in [-0.2, -0.15) is 0 Å². The van der Waals surface area contributed by atoms with Crippen LogP contribution in [0.5, 0.6) is 0 Å². The fourth-order valence-electron chi connectivity index (χ4n) is 4.20. The largest absolute Gasteiger partial charge is 0.329 e. The predicted molar refractivity (Wildman–Crippen MR) is 77.7 cm³/mol. The first-order valence-corrected chi connectivity index (χ1v) is 7.73. The lowest BCUT2D eigenvalue weighted by molar-refractivity contribution is 0.0688. The van der Waals surface area contributed by atoms with E-state index in [4.69, 9.17) is 5.73 Å². The molecule has 3 heteroatoms. The smallest absolute Gasteiger partial charge is 0.0337 e. The maximum absolute atomic E-state index is 6.20. The molecule has 0 spiro atoms. The Balaban J connectivity index is 2.07. The summed E-state index contributed by atoms with van der Waals surface area (Å²) < 4.78 is 0. The third-order valence-corrected chi connectivity index (χ3v) is 5.21. The highest BCUT2D eigenvalue weighted by atomic mass is 15.3. The third-order valence-electron chi connectivity index (χ3n) is 5.21. The number of likely N-dealkylation sites (tertiary alicyclic amines) is 1. The van der Waals surface area contributed by atoms with Gasteiger partial charge in [0, 0.05) is 24.7 Å². The van der Waals surface area contributed by atoms with Gasteiger partial charge in [-0.3, -0.25) is 4.90 Å². The summed E-state index contributed by atoms with van der Waals surface area (Å²) in [6, 6.07) is 0.735. The second-order valence-electron chi connectivity index (χ2n) is 6.70. The van der Waals surface area contributed by atoms with E-state index in [0.29, 0.717) is 5.54 Å². The van der Waals surface area contributed by atoms with E-state index < -0.39 is 0 Å². The second-order valence-corrected chi connectivity index (χ2v) is 6.70. The molecule has 2 aliphatic rings. The molecule has 1 aliphatic heterocycles. The minimum atomic E-state index is 0.331. The van der Waals surface area contributed by atoms with E-state index in [2.05, 4.69) is 30.8 Å². The van der Waals surface area contributed by atoms with Crippen LogP contribution in [-0.2, 0) is 0 Å². The first-order valence-electron chi connectivity index (χ1n) is 7.73. The minimum absolute atomic E-state index is 0.331. The number of hydrogen-bond donors (Lipinski definition) is 1. The molecular formula is C15H31N3. The lowest BCUT2D eigenvalue weighted by atomic mass is 9.92. The summed E-state index contributed by atoms with van der Waals surface area (Å²) in [4.78, 5) is 5.11. The lowest BCUT2D eigenvalue weighted by Gasteiger charge is -2.43. The molecule has 1 saturated heterocycles. The highest BCUT2D eigenvalue weighted by Gasteiger charge is 2.46. The van der Waals surface area contributed by atoms with Crippen LogP contribution in [0.15, 0.2) is 0 Å². The zero-order valence-electron chi connectivity index (χ0n) is 12.5.